The Morgan fingerprint density at radius 3 is 3.00 bits per heavy atom. The van der Waals surface area contributed by atoms with Gasteiger partial charge in [0.2, 0.25) is 0 Å². The van der Waals surface area contributed by atoms with Gasteiger partial charge in [-0.25, -0.2) is 0 Å². The van der Waals surface area contributed by atoms with E-state index in [0.29, 0.717) is 12.2 Å². The lowest BCUT2D eigenvalue weighted by atomic mass is 10.0. The van der Waals surface area contributed by atoms with Crippen LogP contribution in [0.1, 0.15) is 44.2 Å². The number of ketones is 1. The Hall–Kier alpha value is -1.44. The molecule has 0 aliphatic heterocycles. The van der Waals surface area contributed by atoms with Crippen LogP contribution in [0.3, 0.4) is 0 Å². The predicted molar refractivity (Wildman–Crippen MR) is 68.7 cm³/mol. The average molecular weight is 229 g/mol. The van der Waals surface area contributed by atoms with E-state index >= 15 is 0 Å². The number of carbonyl (C=O) groups excluding carboxylic acids is 1. The number of carbonyl (C=O) groups is 1. The van der Waals surface area contributed by atoms with Gasteiger partial charge in [-0.3, -0.25) is 9.78 Å². The fraction of sp³-hybridized carbons (Fsp3) is 0.467. The Morgan fingerprint density at radius 2 is 2.18 bits per heavy atom. The van der Waals surface area contributed by atoms with Gasteiger partial charge >= 0.3 is 0 Å². The minimum absolute atomic E-state index is 0.317. The minimum Gasteiger partial charge on any atom is -0.295 e. The maximum atomic E-state index is 12.0. The molecule has 0 N–H and O–H groups in total. The zero-order chi connectivity index (χ0) is 11.9. The van der Waals surface area contributed by atoms with Gasteiger partial charge in [0.1, 0.15) is 0 Å². The van der Waals surface area contributed by atoms with Crippen LogP contribution in [0.2, 0.25) is 0 Å². The van der Waals surface area contributed by atoms with Gasteiger partial charge in [-0.05, 0) is 49.8 Å². The first-order valence-electron chi connectivity index (χ1n) is 6.48. The van der Waals surface area contributed by atoms with Gasteiger partial charge in [0, 0.05) is 18.3 Å². The number of nitrogens with zero attached hydrogens (tertiary/aromatic N) is 1. The van der Waals surface area contributed by atoms with Crippen LogP contribution in [0.15, 0.2) is 36.0 Å². The Morgan fingerprint density at radius 1 is 1.24 bits per heavy atom. The second-order valence-electron chi connectivity index (χ2n) is 4.57. The molecule has 1 aliphatic carbocycles. The maximum Gasteiger partial charge on any atom is 0.158 e. The molecular weight excluding hydrogens is 210 g/mol. The molecule has 1 aromatic rings. The molecular formula is C15H19NO. The third kappa shape index (κ3) is 3.81. The molecule has 1 heterocycles. The van der Waals surface area contributed by atoms with Gasteiger partial charge in [0.15, 0.2) is 5.78 Å². The Labute approximate surface area is 103 Å². The van der Waals surface area contributed by atoms with Gasteiger partial charge in [0.25, 0.3) is 0 Å². The third-order valence-corrected chi connectivity index (χ3v) is 3.23. The number of rotatable bonds is 4. The highest BCUT2D eigenvalue weighted by Crippen LogP contribution is 2.19. The summed E-state index contributed by atoms with van der Waals surface area (Å²) in [5.41, 5.74) is 2.06. The van der Waals surface area contributed by atoms with E-state index in [9.17, 15) is 4.79 Å². The van der Waals surface area contributed by atoms with Crippen molar-refractivity contribution in [2.75, 3.05) is 0 Å². The third-order valence-electron chi connectivity index (χ3n) is 3.23. The summed E-state index contributed by atoms with van der Waals surface area (Å²) in [6.07, 6.45) is 11.0. The maximum absolute atomic E-state index is 12.0. The number of hydrogen-bond donors (Lipinski definition) is 0. The highest BCUT2D eigenvalue weighted by atomic mass is 16.1. The fourth-order valence-electron chi connectivity index (χ4n) is 2.22. The zero-order valence-electron chi connectivity index (χ0n) is 10.2. The number of aryl methyl sites for hydroxylation is 1. The lowest BCUT2D eigenvalue weighted by molar-refractivity contribution is -0.115. The van der Waals surface area contributed by atoms with Crippen LogP contribution in [0, 0.1) is 0 Å². The molecule has 1 aliphatic rings. The smallest absolute Gasteiger partial charge is 0.158 e. The first kappa shape index (κ1) is 12.0. The molecule has 2 heteroatoms. The molecule has 2 rings (SSSR count). The molecule has 0 bridgehead atoms. The fourth-order valence-corrected chi connectivity index (χ4v) is 2.22. The Kier molecular flexibility index (Phi) is 4.48. The predicted octanol–water partition coefficient (Wildman–Crippen LogP) is 3.47. The summed E-state index contributed by atoms with van der Waals surface area (Å²) in [6.45, 7) is 0. The average Bonchev–Trinajstić information content (AvgIpc) is 2.66. The molecule has 0 amide bonds. The van der Waals surface area contributed by atoms with Crippen LogP contribution in [0.25, 0.3) is 0 Å². The summed E-state index contributed by atoms with van der Waals surface area (Å²) in [7, 11) is 0. The molecule has 2 nitrogen and oxygen atoms in total. The van der Waals surface area contributed by atoms with Gasteiger partial charge in [-0.15, -0.1) is 0 Å². The highest BCUT2D eigenvalue weighted by Gasteiger charge is 2.11. The van der Waals surface area contributed by atoms with Gasteiger partial charge in [-0.1, -0.05) is 18.6 Å². The van der Waals surface area contributed by atoms with Crippen molar-refractivity contribution >= 4 is 5.78 Å². The van der Waals surface area contributed by atoms with E-state index in [1.165, 1.54) is 19.3 Å². The summed E-state index contributed by atoms with van der Waals surface area (Å²) < 4.78 is 0. The molecule has 1 aromatic heterocycles. The van der Waals surface area contributed by atoms with Crippen molar-refractivity contribution in [3.05, 3.63) is 41.7 Å². The minimum atomic E-state index is 0.317. The SMILES string of the molecule is O=C(CCc1ccccn1)C1=CCCCCC1. The molecule has 0 aromatic carbocycles. The molecule has 0 unspecified atom stereocenters. The molecule has 0 saturated carbocycles. The number of pyridine rings is 1. The van der Waals surface area contributed by atoms with Gasteiger partial charge in [-0.2, -0.15) is 0 Å². The molecule has 0 saturated heterocycles. The van der Waals surface area contributed by atoms with Crippen molar-refractivity contribution in [2.24, 2.45) is 0 Å². The molecule has 0 atom stereocenters. The first-order chi connectivity index (χ1) is 8.36. The summed E-state index contributed by atoms with van der Waals surface area (Å²) in [4.78, 5) is 16.3. The quantitative estimate of drug-likeness (QED) is 0.791. The van der Waals surface area contributed by atoms with Crippen LogP contribution >= 0.6 is 0 Å². The second kappa shape index (κ2) is 6.33. The lowest BCUT2D eigenvalue weighted by Gasteiger charge is -2.04. The van der Waals surface area contributed by atoms with Crippen LogP contribution < -0.4 is 0 Å². The van der Waals surface area contributed by atoms with E-state index in [0.717, 1.165) is 30.5 Å². The molecule has 0 spiro atoms. The standard InChI is InChI=1S/C15H19NO/c17-15(13-7-3-1-2-4-8-13)11-10-14-9-5-6-12-16-14/h5-7,9,12H,1-4,8,10-11H2. The number of aromatic nitrogens is 1. The summed E-state index contributed by atoms with van der Waals surface area (Å²) in [5.74, 6) is 0.317. The molecule has 0 radical (unpaired) electrons. The van der Waals surface area contributed by atoms with Crippen LogP contribution in [0.5, 0.6) is 0 Å². The van der Waals surface area contributed by atoms with E-state index in [4.69, 9.17) is 0 Å². The number of allylic oxidation sites excluding steroid dienone is 2. The van der Waals surface area contributed by atoms with Gasteiger partial charge in [0.05, 0.1) is 0 Å². The Balaban J connectivity index is 1.86. The van der Waals surface area contributed by atoms with Crippen molar-refractivity contribution in [3.8, 4) is 0 Å². The highest BCUT2D eigenvalue weighted by molar-refractivity contribution is 5.95. The van der Waals surface area contributed by atoms with E-state index in [-0.39, 0.29) is 0 Å². The van der Waals surface area contributed by atoms with Crippen LogP contribution in [-0.2, 0) is 11.2 Å². The van der Waals surface area contributed by atoms with Crippen molar-refractivity contribution in [1.29, 1.82) is 0 Å². The van der Waals surface area contributed by atoms with E-state index in [1.54, 1.807) is 6.20 Å². The van der Waals surface area contributed by atoms with Crippen LogP contribution in [-0.4, -0.2) is 10.8 Å². The number of hydrogen-bond acceptors (Lipinski definition) is 2. The monoisotopic (exact) mass is 229 g/mol. The lowest BCUT2D eigenvalue weighted by Crippen LogP contribution is -2.04. The topological polar surface area (TPSA) is 30.0 Å². The summed E-state index contributed by atoms with van der Waals surface area (Å²) in [5, 5.41) is 0. The van der Waals surface area contributed by atoms with E-state index < -0.39 is 0 Å². The normalized spacial score (nSPS) is 16.1. The molecule has 0 fully saturated rings. The second-order valence-corrected chi connectivity index (χ2v) is 4.57. The summed E-state index contributed by atoms with van der Waals surface area (Å²) in [6, 6.07) is 5.85. The van der Waals surface area contributed by atoms with Gasteiger partial charge < -0.3 is 0 Å². The first-order valence-corrected chi connectivity index (χ1v) is 6.48. The largest absolute Gasteiger partial charge is 0.295 e. The summed E-state index contributed by atoms with van der Waals surface area (Å²) >= 11 is 0. The van der Waals surface area contributed by atoms with Crippen LogP contribution in [0.4, 0.5) is 0 Å². The Bertz CT molecular complexity index is 395. The van der Waals surface area contributed by atoms with Crippen molar-refractivity contribution in [2.45, 2.75) is 44.9 Å². The van der Waals surface area contributed by atoms with E-state index in [2.05, 4.69) is 11.1 Å². The number of Topliss-reactive ketones (excluding diaryl/α,β-unsaturated/α-hetero) is 1. The molecule has 17 heavy (non-hydrogen) atoms. The van der Waals surface area contributed by atoms with Crippen molar-refractivity contribution < 1.29 is 4.79 Å². The van der Waals surface area contributed by atoms with Crippen molar-refractivity contribution in [1.82, 2.24) is 4.98 Å². The van der Waals surface area contributed by atoms with E-state index in [1.807, 2.05) is 18.2 Å². The van der Waals surface area contributed by atoms with Crippen molar-refractivity contribution in [3.63, 3.8) is 0 Å². The molecule has 90 valence electrons. The zero-order valence-corrected chi connectivity index (χ0v) is 10.2.